The van der Waals surface area contributed by atoms with Crippen LogP contribution in [0, 0.1) is 0 Å². The Morgan fingerprint density at radius 3 is 0.969 bits per heavy atom. The van der Waals surface area contributed by atoms with Crippen LogP contribution in [-0.2, 0) is 33.9 Å². The molecule has 0 unspecified atom stereocenters. The van der Waals surface area contributed by atoms with Crippen molar-refractivity contribution in [2.24, 2.45) is 0 Å². The van der Waals surface area contributed by atoms with Crippen LogP contribution in [0.2, 0.25) is 0 Å². The number of fused-ring (bicyclic) bond motifs is 2. The average Bonchev–Trinajstić information content (AvgIpc) is 3.37. The van der Waals surface area contributed by atoms with Crippen LogP contribution in [0.3, 0.4) is 0 Å². The predicted octanol–water partition coefficient (Wildman–Crippen LogP) is 14.4. The number of nitrogens with zero attached hydrogens (tertiary/aromatic N) is 2. The van der Waals surface area contributed by atoms with Gasteiger partial charge < -0.3 is 10.6 Å². The molecule has 0 saturated heterocycles. The van der Waals surface area contributed by atoms with Gasteiger partial charge in [-0.1, -0.05) is 182 Å². The standard InChI is InChI=1S/C58H44N2P2.2ClH.Zr/c1-5-25-47(26-6-1)61(48-27-7-2-8-28-48)55-35-19-15-23-45(55)41-59-53-39-37-43-21-13-17-33-51(43)57(53)58-52-34-18-14-22-44(52)38-40-54(58)60-42-46-24-16-20-36-56(46)62(49-29-9-3-10-30-49)50-31-11-4-12-32-50;;;/h1-40H,41-42H2;2*1H;/q-2;;;+4. The van der Waals surface area contributed by atoms with Gasteiger partial charge in [-0.15, -0.1) is 24.5 Å². The fourth-order valence-electron chi connectivity index (χ4n) is 8.83. The summed E-state index contributed by atoms with van der Waals surface area (Å²) >= 11 is -0.826. The molecule has 0 heterocycles. The fourth-order valence-corrected chi connectivity index (χ4v) is 14.3. The zero-order valence-corrected chi connectivity index (χ0v) is 41.6. The molecule has 0 fully saturated rings. The minimum Gasteiger partial charge on any atom is -0.680 e. The minimum atomic E-state index is -1.29. The van der Waals surface area contributed by atoms with Gasteiger partial charge in [0.15, 0.2) is 0 Å². The summed E-state index contributed by atoms with van der Waals surface area (Å²) < 4.78 is 0. The third-order valence-corrected chi connectivity index (χ3v) is 17.4. The molecule has 0 amide bonds. The number of benzene rings is 10. The van der Waals surface area contributed by atoms with Gasteiger partial charge in [-0.2, -0.15) is 0 Å². The SMILES string of the molecule is [Cl][Zr+2][Cl].c1ccc([PH+](c2ccccc2)c2ccccc2C[N-]c2ccc3ccccc3c2-c2c([N-]Cc3ccccc3[PH+](c3ccccc3)c3ccccc3)ccc3ccccc23)cc1. The van der Waals surface area contributed by atoms with Gasteiger partial charge in [0.2, 0.25) is 0 Å². The van der Waals surface area contributed by atoms with E-state index in [1.54, 1.807) is 0 Å². The summed E-state index contributed by atoms with van der Waals surface area (Å²) in [5.74, 6) is 0. The van der Waals surface area contributed by atoms with Gasteiger partial charge in [0.05, 0.1) is 15.8 Å². The summed E-state index contributed by atoms with van der Waals surface area (Å²) in [5.41, 5.74) is 6.69. The average molecular weight is 995 g/mol. The Labute approximate surface area is 403 Å². The first-order valence-corrected chi connectivity index (χ1v) is 31.0. The molecule has 0 bridgehead atoms. The summed E-state index contributed by atoms with van der Waals surface area (Å²) in [6, 6.07) is 88.2. The Morgan fingerprint density at radius 2 is 0.615 bits per heavy atom. The molecular weight excluding hydrogens is 949 g/mol. The second-order valence-electron chi connectivity index (χ2n) is 15.6. The first-order chi connectivity index (χ1) is 32.2. The zero-order chi connectivity index (χ0) is 44.2. The van der Waals surface area contributed by atoms with Gasteiger partial charge in [0.1, 0.15) is 31.8 Å². The molecule has 0 atom stereocenters. The summed E-state index contributed by atoms with van der Waals surface area (Å²) in [4.78, 5) is 0. The van der Waals surface area contributed by atoms with Crippen LogP contribution < -0.4 is 31.8 Å². The van der Waals surface area contributed by atoms with Gasteiger partial charge in [-0.25, -0.2) is 0 Å². The van der Waals surface area contributed by atoms with Gasteiger partial charge in [0, 0.05) is 0 Å². The number of halogens is 2. The number of hydrogen-bond acceptors (Lipinski definition) is 0. The Balaban J connectivity index is 0.00000173. The largest absolute Gasteiger partial charge is 0.680 e. The molecule has 0 saturated carbocycles. The van der Waals surface area contributed by atoms with E-state index in [0.29, 0.717) is 13.1 Å². The molecular formula is C58H46Cl2N2P2Zr+2. The fraction of sp³-hybridized carbons (Fsp3) is 0.0345. The van der Waals surface area contributed by atoms with Crippen molar-refractivity contribution in [1.82, 2.24) is 0 Å². The van der Waals surface area contributed by atoms with Gasteiger partial charge in [0.25, 0.3) is 0 Å². The quantitative estimate of drug-likeness (QED) is 0.103. The summed E-state index contributed by atoms with van der Waals surface area (Å²) in [7, 11) is 7.28. The molecule has 2 nitrogen and oxygen atoms in total. The summed E-state index contributed by atoms with van der Waals surface area (Å²) in [6.07, 6.45) is 0. The number of hydrogen-bond donors (Lipinski definition) is 0. The number of rotatable bonds is 13. The van der Waals surface area contributed by atoms with E-state index in [0.717, 1.165) is 22.5 Å². The Morgan fingerprint density at radius 1 is 0.323 bits per heavy atom. The molecule has 10 rings (SSSR count). The van der Waals surface area contributed by atoms with Crippen LogP contribution in [-0.4, -0.2) is 0 Å². The summed E-state index contributed by atoms with van der Waals surface area (Å²) in [5, 5.41) is 24.1. The van der Waals surface area contributed by atoms with E-state index in [1.807, 2.05) is 0 Å². The molecule has 0 aliphatic carbocycles. The van der Waals surface area contributed by atoms with Crippen molar-refractivity contribution in [3.8, 4) is 11.1 Å². The molecule has 7 heteroatoms. The van der Waals surface area contributed by atoms with E-state index >= 15 is 0 Å². The first-order valence-electron chi connectivity index (χ1n) is 21.7. The van der Waals surface area contributed by atoms with Gasteiger partial charge in [-0.3, -0.25) is 0 Å². The van der Waals surface area contributed by atoms with E-state index in [9.17, 15) is 0 Å². The minimum absolute atomic E-state index is 0.559. The van der Waals surface area contributed by atoms with E-state index in [4.69, 9.17) is 27.7 Å². The maximum atomic E-state index is 5.58. The monoisotopic (exact) mass is 992 g/mol. The van der Waals surface area contributed by atoms with Crippen LogP contribution in [0.4, 0.5) is 11.4 Å². The van der Waals surface area contributed by atoms with Crippen molar-refractivity contribution in [2.45, 2.75) is 13.1 Å². The van der Waals surface area contributed by atoms with Crippen molar-refractivity contribution in [3.63, 3.8) is 0 Å². The second kappa shape index (κ2) is 22.2. The van der Waals surface area contributed by atoms with E-state index in [2.05, 4.69) is 243 Å². The van der Waals surface area contributed by atoms with Crippen LogP contribution in [0.25, 0.3) is 43.3 Å². The normalized spacial score (nSPS) is 11.0. The molecule has 314 valence electrons. The molecule has 0 aliphatic rings. The van der Waals surface area contributed by atoms with E-state index in [1.165, 1.54) is 64.5 Å². The van der Waals surface area contributed by atoms with Gasteiger partial charge >= 0.3 is 37.9 Å². The van der Waals surface area contributed by atoms with Crippen molar-refractivity contribution in [1.29, 1.82) is 0 Å². The van der Waals surface area contributed by atoms with E-state index in [-0.39, 0.29) is 0 Å². The van der Waals surface area contributed by atoms with Crippen molar-refractivity contribution >= 4 is 97.6 Å². The maximum Gasteiger partial charge on any atom is 0.104 e. The molecule has 0 N–H and O–H groups in total. The Kier molecular flexibility index (Phi) is 15.3. The summed E-state index contributed by atoms with van der Waals surface area (Å²) in [6.45, 7) is 1.12. The maximum absolute atomic E-state index is 5.58. The van der Waals surface area contributed by atoms with Gasteiger partial charge in [-0.05, 0) is 104 Å². The molecule has 10 aromatic rings. The Hall–Kier alpha value is -5.36. The molecule has 0 radical (unpaired) electrons. The smallest absolute Gasteiger partial charge is 0.104 e. The third-order valence-electron chi connectivity index (χ3n) is 11.7. The molecule has 0 aromatic heterocycles. The Bertz CT molecular complexity index is 2830. The van der Waals surface area contributed by atoms with Crippen LogP contribution in [0.1, 0.15) is 11.1 Å². The first kappa shape index (κ1) is 44.8. The van der Waals surface area contributed by atoms with Crippen molar-refractivity contribution in [2.75, 3.05) is 0 Å². The van der Waals surface area contributed by atoms with Crippen LogP contribution in [0.15, 0.2) is 243 Å². The second-order valence-corrected chi connectivity index (χ2v) is 24.2. The predicted molar refractivity (Wildman–Crippen MR) is 285 cm³/mol. The van der Waals surface area contributed by atoms with Crippen LogP contribution in [0.5, 0.6) is 0 Å². The zero-order valence-electron chi connectivity index (χ0n) is 35.7. The molecule has 0 aliphatic heterocycles. The molecule has 0 spiro atoms. The topological polar surface area (TPSA) is 28.2 Å². The third kappa shape index (κ3) is 10.4. The van der Waals surface area contributed by atoms with E-state index < -0.39 is 36.7 Å². The van der Waals surface area contributed by atoms with Crippen molar-refractivity contribution in [3.05, 3.63) is 264 Å². The van der Waals surface area contributed by atoms with Crippen molar-refractivity contribution < 1.29 is 20.8 Å². The van der Waals surface area contributed by atoms with Crippen LogP contribution >= 0.6 is 32.9 Å². The molecule has 10 aromatic carbocycles. The molecule has 65 heavy (non-hydrogen) atoms.